The second-order valence-corrected chi connectivity index (χ2v) is 9.24. The highest BCUT2D eigenvalue weighted by atomic mass is 19.1. The van der Waals surface area contributed by atoms with Gasteiger partial charge in [0.05, 0.1) is 24.0 Å². The van der Waals surface area contributed by atoms with E-state index in [9.17, 15) is 19.1 Å². The van der Waals surface area contributed by atoms with E-state index in [1.807, 2.05) is 30.5 Å². The van der Waals surface area contributed by atoms with Crippen LogP contribution >= 0.6 is 0 Å². The van der Waals surface area contributed by atoms with Crippen molar-refractivity contribution in [3.05, 3.63) is 89.0 Å². The van der Waals surface area contributed by atoms with Gasteiger partial charge in [-0.3, -0.25) is 14.2 Å². The van der Waals surface area contributed by atoms with Gasteiger partial charge in [0.1, 0.15) is 17.5 Å². The fourth-order valence-electron chi connectivity index (χ4n) is 4.80. The summed E-state index contributed by atoms with van der Waals surface area (Å²) < 4.78 is 16.1. The third-order valence-corrected chi connectivity index (χ3v) is 6.87. The largest absolute Gasteiger partial charge is 0.388 e. The first kappa shape index (κ1) is 22.2. The summed E-state index contributed by atoms with van der Waals surface area (Å²) >= 11 is 0. The Morgan fingerprint density at radius 2 is 1.89 bits per heavy atom. The number of hydrogen-bond donors (Lipinski definition) is 2. The number of aliphatic hydroxyl groups is 1. The Bertz CT molecular complexity index is 1640. The number of nitrogens with one attached hydrogen (secondary N) is 1. The van der Waals surface area contributed by atoms with Crippen molar-refractivity contribution in [1.29, 1.82) is 0 Å². The SMILES string of the molecule is O=C(c1ccc2cc[nH]c2c1)N1CCC(O)(Cn2cnc3c(cnn3-c3ccc(F)cc3)c2=O)CC1. The molecule has 1 fully saturated rings. The number of benzene rings is 2. The number of fused-ring (bicyclic) bond motifs is 2. The molecule has 36 heavy (non-hydrogen) atoms. The van der Waals surface area contributed by atoms with Crippen molar-refractivity contribution in [2.45, 2.75) is 25.0 Å². The number of carbonyl (C=O) groups is 1. The van der Waals surface area contributed by atoms with Crippen molar-refractivity contribution in [3.8, 4) is 5.69 Å². The number of carbonyl (C=O) groups excluding carboxylic acids is 1. The van der Waals surface area contributed by atoms with Crippen molar-refractivity contribution in [1.82, 2.24) is 29.2 Å². The molecule has 0 aliphatic carbocycles. The van der Waals surface area contributed by atoms with Crippen molar-refractivity contribution in [3.63, 3.8) is 0 Å². The van der Waals surface area contributed by atoms with Crippen molar-refractivity contribution >= 4 is 27.8 Å². The van der Waals surface area contributed by atoms with Crippen molar-refractivity contribution in [2.75, 3.05) is 13.1 Å². The minimum absolute atomic E-state index is 0.0625. The smallest absolute Gasteiger partial charge is 0.264 e. The van der Waals surface area contributed by atoms with Gasteiger partial charge in [-0.1, -0.05) is 6.07 Å². The van der Waals surface area contributed by atoms with Gasteiger partial charge in [0.2, 0.25) is 0 Å². The summed E-state index contributed by atoms with van der Waals surface area (Å²) in [6, 6.07) is 13.3. The van der Waals surface area contributed by atoms with Crippen LogP contribution in [0.4, 0.5) is 4.39 Å². The number of hydrogen-bond acceptors (Lipinski definition) is 5. The van der Waals surface area contributed by atoms with Gasteiger partial charge < -0.3 is 15.0 Å². The Kier molecular flexibility index (Phi) is 5.18. The molecule has 1 amide bonds. The van der Waals surface area contributed by atoms with Crippen LogP contribution in [0.1, 0.15) is 23.2 Å². The number of aromatic nitrogens is 5. The molecule has 182 valence electrons. The van der Waals surface area contributed by atoms with Crippen LogP contribution in [-0.4, -0.2) is 58.9 Å². The maximum atomic E-state index is 13.3. The summed E-state index contributed by atoms with van der Waals surface area (Å²) in [5.41, 5.74) is 0.974. The van der Waals surface area contributed by atoms with Crippen molar-refractivity contribution < 1.29 is 14.3 Å². The van der Waals surface area contributed by atoms with Gasteiger partial charge in [-0.15, -0.1) is 0 Å². The molecule has 9 nitrogen and oxygen atoms in total. The van der Waals surface area contributed by atoms with E-state index in [2.05, 4.69) is 15.1 Å². The van der Waals surface area contributed by atoms with Gasteiger partial charge in [0, 0.05) is 30.4 Å². The lowest BCUT2D eigenvalue weighted by atomic mass is 9.91. The molecule has 2 aromatic carbocycles. The minimum Gasteiger partial charge on any atom is -0.388 e. The molecule has 1 saturated heterocycles. The van der Waals surface area contributed by atoms with Crippen LogP contribution in [0, 0.1) is 5.82 Å². The molecular weight excluding hydrogens is 463 g/mol. The molecule has 1 aliphatic rings. The van der Waals surface area contributed by atoms with Crippen LogP contribution in [0.5, 0.6) is 0 Å². The molecule has 3 aromatic heterocycles. The number of aromatic amines is 1. The number of nitrogens with zero attached hydrogens (tertiary/aromatic N) is 5. The molecule has 0 radical (unpaired) electrons. The highest BCUT2D eigenvalue weighted by Crippen LogP contribution is 2.26. The first-order chi connectivity index (χ1) is 17.4. The van der Waals surface area contributed by atoms with Gasteiger partial charge in [-0.05, 0) is 60.7 Å². The summed E-state index contributed by atoms with van der Waals surface area (Å²) in [4.78, 5) is 35.4. The van der Waals surface area contributed by atoms with Crippen molar-refractivity contribution in [2.24, 2.45) is 0 Å². The first-order valence-electron chi connectivity index (χ1n) is 11.7. The lowest BCUT2D eigenvalue weighted by molar-refractivity contribution is -0.0299. The Hall–Kier alpha value is -4.31. The topological polar surface area (TPSA) is 109 Å². The second-order valence-electron chi connectivity index (χ2n) is 9.24. The third kappa shape index (κ3) is 3.85. The predicted octanol–water partition coefficient (Wildman–Crippen LogP) is 2.87. The molecule has 4 heterocycles. The zero-order valence-corrected chi connectivity index (χ0v) is 19.3. The predicted molar refractivity (Wildman–Crippen MR) is 131 cm³/mol. The average molecular weight is 487 g/mol. The fraction of sp³-hybridized carbons (Fsp3) is 0.231. The lowest BCUT2D eigenvalue weighted by Gasteiger charge is -2.38. The Morgan fingerprint density at radius 3 is 2.67 bits per heavy atom. The summed E-state index contributed by atoms with van der Waals surface area (Å²) in [5.74, 6) is -0.449. The maximum Gasteiger partial charge on any atom is 0.264 e. The highest BCUT2D eigenvalue weighted by Gasteiger charge is 2.35. The fourth-order valence-corrected chi connectivity index (χ4v) is 4.80. The van der Waals surface area contributed by atoms with E-state index in [1.165, 1.54) is 33.9 Å². The Balaban J connectivity index is 1.18. The Morgan fingerprint density at radius 1 is 1.11 bits per heavy atom. The molecular formula is C26H23FN6O3. The summed E-state index contributed by atoms with van der Waals surface area (Å²) in [5, 5.41) is 16.8. The molecule has 5 aromatic rings. The number of halogens is 1. The van der Waals surface area contributed by atoms with Crippen LogP contribution in [0.15, 0.2) is 72.0 Å². The lowest BCUT2D eigenvalue weighted by Crippen LogP contribution is -2.49. The van der Waals surface area contributed by atoms with E-state index in [0.717, 1.165) is 10.9 Å². The van der Waals surface area contributed by atoms with Gasteiger partial charge in [-0.2, -0.15) is 5.10 Å². The minimum atomic E-state index is -1.15. The number of H-pyrrole nitrogens is 1. The summed E-state index contributed by atoms with van der Waals surface area (Å²) in [6.07, 6.45) is 5.33. The molecule has 0 unspecified atom stereocenters. The average Bonchev–Trinajstić information content (AvgIpc) is 3.53. The molecule has 10 heteroatoms. The number of rotatable bonds is 4. The zero-order valence-electron chi connectivity index (χ0n) is 19.3. The van der Waals surface area contributed by atoms with E-state index < -0.39 is 5.60 Å². The number of amides is 1. The van der Waals surface area contributed by atoms with E-state index in [-0.39, 0.29) is 23.8 Å². The standard InChI is InChI=1S/C26H23FN6O3/c27-19-3-5-20(6-4-19)33-23-21(14-30-33)25(35)32(16-29-23)15-26(36)8-11-31(12-9-26)24(34)18-2-1-17-7-10-28-22(17)13-18/h1-7,10,13-14,16,28,36H,8-9,11-12,15H2. The van der Waals surface area contributed by atoms with E-state index in [1.54, 1.807) is 17.0 Å². The highest BCUT2D eigenvalue weighted by molar-refractivity contribution is 5.98. The monoisotopic (exact) mass is 486 g/mol. The molecule has 2 N–H and O–H groups in total. The molecule has 6 rings (SSSR count). The van der Waals surface area contributed by atoms with Gasteiger partial charge in [0.15, 0.2) is 5.65 Å². The van der Waals surface area contributed by atoms with Crippen LogP contribution in [0.3, 0.4) is 0 Å². The van der Waals surface area contributed by atoms with Crippen LogP contribution in [0.2, 0.25) is 0 Å². The zero-order chi connectivity index (χ0) is 24.9. The van der Waals surface area contributed by atoms with Crippen LogP contribution < -0.4 is 5.56 Å². The second kappa shape index (κ2) is 8.42. The number of likely N-dealkylation sites (tertiary alicyclic amines) is 1. The van der Waals surface area contributed by atoms with Gasteiger partial charge in [0.25, 0.3) is 11.5 Å². The third-order valence-electron chi connectivity index (χ3n) is 6.87. The molecule has 0 bridgehead atoms. The van der Waals surface area contributed by atoms with Gasteiger partial charge in [-0.25, -0.2) is 14.1 Å². The van der Waals surface area contributed by atoms with Crippen LogP contribution in [-0.2, 0) is 6.54 Å². The Labute approximate surface area is 204 Å². The normalized spacial score (nSPS) is 15.6. The molecule has 0 atom stereocenters. The number of piperidine rings is 1. The summed E-state index contributed by atoms with van der Waals surface area (Å²) in [6.45, 7) is 0.822. The molecule has 0 saturated carbocycles. The quantitative estimate of drug-likeness (QED) is 0.406. The van der Waals surface area contributed by atoms with E-state index in [4.69, 9.17) is 0 Å². The van der Waals surface area contributed by atoms with E-state index >= 15 is 0 Å². The van der Waals surface area contributed by atoms with Gasteiger partial charge >= 0.3 is 0 Å². The molecule has 1 aliphatic heterocycles. The molecule has 0 spiro atoms. The summed E-state index contributed by atoms with van der Waals surface area (Å²) in [7, 11) is 0. The first-order valence-corrected chi connectivity index (χ1v) is 11.7. The maximum absolute atomic E-state index is 13.3. The van der Waals surface area contributed by atoms with Crippen LogP contribution in [0.25, 0.3) is 27.6 Å². The van der Waals surface area contributed by atoms with E-state index in [0.29, 0.717) is 48.2 Å².